The summed E-state index contributed by atoms with van der Waals surface area (Å²) < 4.78 is 7.50. The number of ether oxygens (including phenoxy) is 1. The number of carbonyl (C=O) groups excluding carboxylic acids is 2. The molecule has 2 heterocycles. The minimum atomic E-state index is -1.10. The number of benzene rings is 2. The molecule has 0 radical (unpaired) electrons. The largest absolute Gasteiger partial charge is 0.490 e. The predicted molar refractivity (Wildman–Crippen MR) is 147 cm³/mol. The van der Waals surface area contributed by atoms with E-state index in [2.05, 4.69) is 10.3 Å². The third-order valence-electron chi connectivity index (χ3n) is 6.32. The van der Waals surface area contributed by atoms with Gasteiger partial charge in [-0.25, -0.2) is 5.48 Å². The van der Waals surface area contributed by atoms with Crippen molar-refractivity contribution in [2.45, 2.75) is 45.9 Å². The molecule has 0 aliphatic heterocycles. The Morgan fingerprint density at radius 1 is 1.05 bits per heavy atom. The van der Waals surface area contributed by atoms with Crippen LogP contribution >= 0.6 is 0 Å². The molecule has 0 bridgehead atoms. The second kappa shape index (κ2) is 10.8. The Bertz CT molecular complexity index is 1590. The van der Waals surface area contributed by atoms with E-state index in [1.54, 1.807) is 62.9 Å². The zero-order valence-corrected chi connectivity index (χ0v) is 22.5. The van der Waals surface area contributed by atoms with Crippen molar-refractivity contribution in [2.24, 2.45) is 7.05 Å². The van der Waals surface area contributed by atoms with Gasteiger partial charge >= 0.3 is 0 Å². The van der Waals surface area contributed by atoms with Gasteiger partial charge in [-0.3, -0.25) is 19.6 Å². The lowest BCUT2D eigenvalue weighted by molar-refractivity contribution is 0.0706. The number of hydrogen-bond acceptors (Lipinski definition) is 6. The molecular weight excluding hydrogens is 500 g/mol. The molecule has 2 amide bonds. The van der Waals surface area contributed by atoms with E-state index in [4.69, 9.17) is 9.94 Å². The highest BCUT2D eigenvalue weighted by Gasteiger charge is 2.22. The van der Waals surface area contributed by atoms with Crippen molar-refractivity contribution < 1.29 is 24.6 Å². The summed E-state index contributed by atoms with van der Waals surface area (Å²) in [6.07, 6.45) is 1.58. The van der Waals surface area contributed by atoms with Gasteiger partial charge in [0.25, 0.3) is 17.4 Å². The first-order chi connectivity index (χ1) is 18.4. The van der Waals surface area contributed by atoms with Crippen LogP contribution in [0.2, 0.25) is 0 Å². The first kappa shape index (κ1) is 27.6. The summed E-state index contributed by atoms with van der Waals surface area (Å²) in [4.78, 5) is 40.5. The second-order valence-electron chi connectivity index (χ2n) is 10.2. The van der Waals surface area contributed by atoms with Gasteiger partial charge in [0.1, 0.15) is 17.0 Å². The summed E-state index contributed by atoms with van der Waals surface area (Å²) in [5.74, 6) is -0.458. The molecule has 0 aliphatic rings. The van der Waals surface area contributed by atoms with Crippen molar-refractivity contribution in [3.63, 3.8) is 0 Å². The van der Waals surface area contributed by atoms with Gasteiger partial charge in [0.15, 0.2) is 0 Å². The first-order valence-electron chi connectivity index (χ1n) is 12.5. The SMILES string of the molecule is CC(C)Oc1ccc(C(C)(C)O)cc1-c1cn(C)c(=O)c2[nH]c(C(=O)NCc3ccc(C(=O)NO)cc3)cc12. The standard InChI is InChI=1S/C29H32N4O6/c1-16(2)39-24-11-10-19(29(3,4)37)12-20(24)22-15-33(5)28(36)25-21(22)13-23(31-25)27(35)30-14-17-6-8-18(9-7-17)26(34)32-38/h6-13,15-16,31,37-38H,14H2,1-5H3,(H,30,35)(H,32,34). The number of pyridine rings is 1. The number of hydroxylamine groups is 1. The predicted octanol–water partition coefficient (Wildman–Crippen LogP) is 3.60. The average molecular weight is 533 g/mol. The summed E-state index contributed by atoms with van der Waals surface area (Å²) in [7, 11) is 1.63. The smallest absolute Gasteiger partial charge is 0.274 e. The molecule has 5 N–H and O–H groups in total. The Morgan fingerprint density at radius 3 is 2.36 bits per heavy atom. The molecule has 4 rings (SSSR count). The van der Waals surface area contributed by atoms with E-state index in [1.807, 2.05) is 19.9 Å². The fourth-order valence-corrected chi connectivity index (χ4v) is 4.26. The molecule has 0 atom stereocenters. The Hall–Kier alpha value is -4.41. The third kappa shape index (κ3) is 5.87. The van der Waals surface area contributed by atoms with Crippen LogP contribution in [0.5, 0.6) is 5.75 Å². The molecule has 0 aliphatic carbocycles. The number of aliphatic hydroxyl groups is 1. The summed E-state index contributed by atoms with van der Waals surface area (Å²) in [6.45, 7) is 7.40. The molecule has 204 valence electrons. The molecule has 4 aromatic rings. The molecule has 0 saturated carbocycles. The van der Waals surface area contributed by atoms with Gasteiger partial charge in [-0.05, 0) is 69.2 Å². The number of fused-ring (bicyclic) bond motifs is 1. The van der Waals surface area contributed by atoms with E-state index in [1.165, 1.54) is 16.7 Å². The lowest BCUT2D eigenvalue weighted by atomic mass is 9.93. The van der Waals surface area contributed by atoms with E-state index in [9.17, 15) is 19.5 Å². The highest BCUT2D eigenvalue weighted by molar-refractivity contribution is 6.03. The van der Waals surface area contributed by atoms with Crippen molar-refractivity contribution in [1.82, 2.24) is 20.3 Å². The van der Waals surface area contributed by atoms with E-state index in [0.717, 1.165) is 5.56 Å². The highest BCUT2D eigenvalue weighted by atomic mass is 16.5. The molecule has 0 unspecified atom stereocenters. The summed E-state index contributed by atoms with van der Waals surface area (Å²) in [5.41, 5.74) is 3.69. The number of H-pyrrole nitrogens is 1. The Morgan fingerprint density at radius 2 is 1.74 bits per heavy atom. The number of aromatic nitrogens is 2. The quantitative estimate of drug-likeness (QED) is 0.173. The van der Waals surface area contributed by atoms with Crippen LogP contribution in [0, 0.1) is 0 Å². The van der Waals surface area contributed by atoms with Crippen molar-refractivity contribution >= 4 is 22.7 Å². The number of aryl methyl sites for hydroxylation is 1. The fourth-order valence-electron chi connectivity index (χ4n) is 4.26. The maximum atomic E-state index is 13.0. The number of carbonyl (C=O) groups is 2. The fraction of sp³-hybridized carbons (Fsp3) is 0.276. The summed E-state index contributed by atoms with van der Waals surface area (Å²) in [5, 5.41) is 22.8. The van der Waals surface area contributed by atoms with Crippen LogP contribution in [0.25, 0.3) is 22.0 Å². The highest BCUT2D eigenvalue weighted by Crippen LogP contribution is 2.38. The van der Waals surface area contributed by atoms with Gasteiger partial charge in [0.2, 0.25) is 0 Å². The Balaban J connectivity index is 1.72. The molecule has 0 saturated heterocycles. The van der Waals surface area contributed by atoms with Crippen molar-refractivity contribution in [2.75, 3.05) is 0 Å². The van der Waals surface area contributed by atoms with E-state index < -0.39 is 17.4 Å². The zero-order valence-electron chi connectivity index (χ0n) is 22.5. The van der Waals surface area contributed by atoms with E-state index in [-0.39, 0.29) is 35.0 Å². The van der Waals surface area contributed by atoms with Crippen LogP contribution in [0.3, 0.4) is 0 Å². The average Bonchev–Trinajstić information content (AvgIpc) is 3.34. The van der Waals surface area contributed by atoms with Crippen molar-refractivity contribution in [3.8, 4) is 16.9 Å². The van der Waals surface area contributed by atoms with E-state index in [0.29, 0.717) is 27.8 Å². The summed E-state index contributed by atoms with van der Waals surface area (Å²) >= 11 is 0. The number of hydrogen-bond donors (Lipinski definition) is 5. The van der Waals surface area contributed by atoms with Gasteiger partial charge < -0.3 is 24.7 Å². The monoisotopic (exact) mass is 532 g/mol. The maximum absolute atomic E-state index is 13.0. The number of aromatic amines is 1. The lowest BCUT2D eigenvalue weighted by Crippen LogP contribution is -2.23. The third-order valence-corrected chi connectivity index (χ3v) is 6.32. The van der Waals surface area contributed by atoms with Crippen molar-refractivity contribution in [3.05, 3.63) is 87.5 Å². The molecule has 39 heavy (non-hydrogen) atoms. The van der Waals surface area contributed by atoms with E-state index >= 15 is 0 Å². The normalized spacial score (nSPS) is 11.6. The first-order valence-corrected chi connectivity index (χ1v) is 12.5. The molecule has 2 aromatic carbocycles. The zero-order chi connectivity index (χ0) is 28.5. The topological polar surface area (TPSA) is 146 Å². The van der Waals surface area contributed by atoms with Gasteiger partial charge in [-0.15, -0.1) is 0 Å². The molecule has 0 fully saturated rings. The molecule has 2 aromatic heterocycles. The van der Waals surface area contributed by atoms with Crippen LogP contribution in [0.15, 0.2) is 59.5 Å². The number of nitrogens with one attached hydrogen (secondary N) is 3. The van der Waals surface area contributed by atoms with Crippen molar-refractivity contribution in [1.29, 1.82) is 0 Å². The lowest BCUT2D eigenvalue weighted by Gasteiger charge is -2.22. The Kier molecular flexibility index (Phi) is 7.62. The summed E-state index contributed by atoms with van der Waals surface area (Å²) in [6, 6.07) is 13.5. The molecular formula is C29H32N4O6. The number of nitrogens with zero attached hydrogens (tertiary/aromatic N) is 1. The minimum Gasteiger partial charge on any atom is -0.490 e. The number of rotatable bonds is 8. The van der Waals surface area contributed by atoms with Crippen LogP contribution in [-0.2, 0) is 19.2 Å². The van der Waals surface area contributed by atoms with Gasteiger partial charge in [-0.1, -0.05) is 18.2 Å². The second-order valence-corrected chi connectivity index (χ2v) is 10.2. The van der Waals surface area contributed by atoms with Gasteiger partial charge in [-0.2, -0.15) is 0 Å². The Labute approximate surface area is 225 Å². The van der Waals surface area contributed by atoms with Crippen LogP contribution in [-0.4, -0.2) is 37.8 Å². The molecule has 0 spiro atoms. The molecule has 10 nitrogen and oxygen atoms in total. The number of amides is 2. The van der Waals surface area contributed by atoms with Crippen LogP contribution < -0.4 is 21.1 Å². The van der Waals surface area contributed by atoms with Gasteiger partial charge in [0.05, 0.1) is 11.7 Å². The molecule has 10 heteroatoms. The minimum absolute atomic E-state index is 0.112. The van der Waals surface area contributed by atoms with Gasteiger partial charge in [0, 0.05) is 41.9 Å². The van der Waals surface area contributed by atoms with Crippen LogP contribution in [0.1, 0.15) is 59.7 Å². The maximum Gasteiger partial charge on any atom is 0.274 e. The van der Waals surface area contributed by atoms with Crippen LogP contribution in [0.4, 0.5) is 0 Å².